The largest absolute Gasteiger partial charge is 0.462 e. The summed E-state index contributed by atoms with van der Waals surface area (Å²) >= 11 is 0. The van der Waals surface area contributed by atoms with Crippen molar-refractivity contribution in [3.05, 3.63) is 85.1 Å². The van der Waals surface area contributed by atoms with Gasteiger partial charge in [0.1, 0.15) is 13.2 Å². The number of hydrogen-bond acceptors (Lipinski definition) is 6. The minimum atomic E-state index is -0.807. The molecular formula is C71H124O6. The molecule has 0 aromatic heterocycles. The van der Waals surface area contributed by atoms with Gasteiger partial charge in [-0.25, -0.2) is 0 Å². The Kier molecular flexibility index (Phi) is 62.2. The van der Waals surface area contributed by atoms with Gasteiger partial charge in [-0.05, 0) is 83.5 Å². The summed E-state index contributed by atoms with van der Waals surface area (Å²) in [5.41, 5.74) is 0. The van der Waals surface area contributed by atoms with E-state index in [0.29, 0.717) is 19.3 Å². The molecule has 0 aromatic rings. The predicted octanol–water partition coefficient (Wildman–Crippen LogP) is 22.7. The van der Waals surface area contributed by atoms with Crippen LogP contribution >= 0.6 is 0 Å². The highest BCUT2D eigenvalue weighted by Gasteiger charge is 2.19. The van der Waals surface area contributed by atoms with E-state index in [2.05, 4.69) is 99.8 Å². The Morgan fingerprint density at radius 3 is 0.870 bits per heavy atom. The third-order valence-electron chi connectivity index (χ3n) is 14.4. The van der Waals surface area contributed by atoms with Crippen LogP contribution in [0, 0.1) is 0 Å². The Morgan fingerprint density at radius 1 is 0.273 bits per heavy atom. The Bertz CT molecular complexity index is 1470. The molecule has 0 saturated carbocycles. The Morgan fingerprint density at radius 2 is 0.532 bits per heavy atom. The van der Waals surface area contributed by atoms with E-state index in [-0.39, 0.29) is 37.5 Å². The molecule has 1 atom stereocenters. The molecular weight excluding hydrogens is 949 g/mol. The van der Waals surface area contributed by atoms with Gasteiger partial charge in [0.2, 0.25) is 0 Å². The maximum atomic E-state index is 12.9. The maximum Gasteiger partial charge on any atom is 0.306 e. The van der Waals surface area contributed by atoms with Crippen LogP contribution in [-0.2, 0) is 28.6 Å². The van der Waals surface area contributed by atoms with Crippen LogP contribution in [0.25, 0.3) is 0 Å². The van der Waals surface area contributed by atoms with Crippen LogP contribution in [0.3, 0.4) is 0 Å². The van der Waals surface area contributed by atoms with Crippen LogP contribution in [0.15, 0.2) is 85.1 Å². The summed E-state index contributed by atoms with van der Waals surface area (Å²) in [6.45, 7) is 6.51. The molecule has 0 rings (SSSR count). The zero-order valence-corrected chi connectivity index (χ0v) is 51.0. The summed E-state index contributed by atoms with van der Waals surface area (Å²) in [6.07, 6.45) is 86.1. The van der Waals surface area contributed by atoms with E-state index in [9.17, 15) is 14.4 Å². The highest BCUT2D eigenvalue weighted by atomic mass is 16.6. The highest BCUT2D eigenvalue weighted by molar-refractivity contribution is 5.71. The second-order valence-corrected chi connectivity index (χ2v) is 22.0. The molecule has 0 heterocycles. The lowest BCUT2D eigenvalue weighted by Crippen LogP contribution is -2.30. The highest BCUT2D eigenvalue weighted by Crippen LogP contribution is 2.17. The first-order valence-electron chi connectivity index (χ1n) is 33.1. The summed E-state index contributed by atoms with van der Waals surface area (Å²) in [5, 5.41) is 0. The van der Waals surface area contributed by atoms with Gasteiger partial charge in [-0.1, -0.05) is 311 Å². The van der Waals surface area contributed by atoms with Gasteiger partial charge in [-0.2, -0.15) is 0 Å². The lowest BCUT2D eigenvalue weighted by Gasteiger charge is -2.18. The van der Waals surface area contributed by atoms with Gasteiger partial charge in [0.05, 0.1) is 0 Å². The lowest BCUT2D eigenvalue weighted by atomic mass is 10.0. The molecule has 0 saturated heterocycles. The first kappa shape index (κ1) is 73.6. The van der Waals surface area contributed by atoms with Gasteiger partial charge in [0.15, 0.2) is 6.10 Å². The van der Waals surface area contributed by atoms with Crippen molar-refractivity contribution in [3.63, 3.8) is 0 Å². The van der Waals surface area contributed by atoms with E-state index in [4.69, 9.17) is 14.2 Å². The summed E-state index contributed by atoms with van der Waals surface area (Å²) in [7, 11) is 0. The third kappa shape index (κ3) is 63.3. The second-order valence-electron chi connectivity index (χ2n) is 22.0. The van der Waals surface area contributed by atoms with Crippen molar-refractivity contribution in [2.75, 3.05) is 13.2 Å². The number of carbonyl (C=O) groups is 3. The number of esters is 3. The van der Waals surface area contributed by atoms with Gasteiger partial charge in [-0.15, -0.1) is 0 Å². The number of unbranched alkanes of at least 4 members (excludes halogenated alkanes) is 35. The fourth-order valence-corrected chi connectivity index (χ4v) is 9.47. The van der Waals surface area contributed by atoms with E-state index in [1.54, 1.807) is 0 Å². The average Bonchev–Trinajstić information content (AvgIpc) is 3.43. The quantitative estimate of drug-likeness (QED) is 0.0261. The monoisotopic (exact) mass is 1070 g/mol. The van der Waals surface area contributed by atoms with Crippen molar-refractivity contribution >= 4 is 17.9 Å². The Balaban J connectivity index is 4.44. The van der Waals surface area contributed by atoms with Crippen molar-refractivity contribution in [2.45, 2.75) is 335 Å². The van der Waals surface area contributed by atoms with Gasteiger partial charge >= 0.3 is 17.9 Å². The van der Waals surface area contributed by atoms with Crippen LogP contribution < -0.4 is 0 Å². The molecule has 0 aromatic carbocycles. The van der Waals surface area contributed by atoms with E-state index >= 15 is 0 Å². The summed E-state index contributed by atoms with van der Waals surface area (Å²) in [4.78, 5) is 38.3. The molecule has 0 aliphatic rings. The molecule has 444 valence electrons. The van der Waals surface area contributed by atoms with Crippen molar-refractivity contribution < 1.29 is 28.6 Å². The SMILES string of the molecule is CC/C=C\C/C=C\C/C=C\C/C=C\C/C=C\C/C=C\CCC(=O)OC[C@H](COC(=O)CCCCCCCCCCCCC/C=C\CCCCCCCC)OC(=O)CCCCCCCCCCCCCCCCCCCCC. The first-order chi connectivity index (χ1) is 38.0. The zero-order chi connectivity index (χ0) is 55.7. The molecule has 0 bridgehead atoms. The number of allylic oxidation sites excluding steroid dienone is 14. The lowest BCUT2D eigenvalue weighted by molar-refractivity contribution is -0.166. The molecule has 77 heavy (non-hydrogen) atoms. The number of hydrogen-bond donors (Lipinski definition) is 0. The normalized spacial score (nSPS) is 12.6. The van der Waals surface area contributed by atoms with Gasteiger partial charge in [0, 0.05) is 19.3 Å². The van der Waals surface area contributed by atoms with Gasteiger partial charge in [-0.3, -0.25) is 14.4 Å². The Labute approximate surface area is 477 Å². The molecule has 0 amide bonds. The minimum Gasteiger partial charge on any atom is -0.462 e. The molecule has 0 radical (unpaired) electrons. The second kappa shape index (κ2) is 65.1. The van der Waals surface area contributed by atoms with Gasteiger partial charge in [0.25, 0.3) is 0 Å². The molecule has 0 fully saturated rings. The molecule has 0 N–H and O–H groups in total. The topological polar surface area (TPSA) is 78.9 Å². The molecule has 0 aliphatic heterocycles. The van der Waals surface area contributed by atoms with E-state index in [1.165, 1.54) is 205 Å². The molecule has 6 heteroatoms. The fourth-order valence-electron chi connectivity index (χ4n) is 9.47. The van der Waals surface area contributed by atoms with Crippen LogP contribution in [0.1, 0.15) is 329 Å². The van der Waals surface area contributed by atoms with Gasteiger partial charge < -0.3 is 14.2 Å². The maximum absolute atomic E-state index is 12.9. The van der Waals surface area contributed by atoms with Crippen molar-refractivity contribution in [3.8, 4) is 0 Å². The van der Waals surface area contributed by atoms with Crippen LogP contribution in [0.5, 0.6) is 0 Å². The Hall–Kier alpha value is -3.41. The fraction of sp³-hybridized carbons (Fsp3) is 0.761. The average molecular weight is 1070 g/mol. The molecule has 6 nitrogen and oxygen atoms in total. The minimum absolute atomic E-state index is 0.0971. The number of carbonyl (C=O) groups excluding carboxylic acids is 3. The smallest absolute Gasteiger partial charge is 0.306 e. The van der Waals surface area contributed by atoms with Crippen LogP contribution in [-0.4, -0.2) is 37.2 Å². The standard InChI is InChI=1S/C71H124O6/c1-4-7-10-13-16-19-22-25-28-31-34-35-38-40-43-46-49-52-55-58-61-64-70(73)76-67-68(77-71(74)65-62-59-56-53-50-47-44-41-37-33-30-27-24-21-18-15-12-9-6-3)66-75-69(72)63-60-57-54-51-48-45-42-39-36-32-29-26-23-20-17-14-11-8-5-2/h8,11,17,20,25-26,28-29,36,39,45,48,54,57,68H,4-7,9-10,12-16,18-19,21-24,27,30-35,37-38,40-44,46-47,49-53,55-56,58-67H2,1-3H3/b11-8-,20-17-,28-25-,29-26-,39-36-,48-45-,57-54-/t68-/m1/s1. The summed E-state index contributed by atoms with van der Waals surface area (Å²) < 4.78 is 16.9. The van der Waals surface area contributed by atoms with Crippen molar-refractivity contribution in [1.29, 1.82) is 0 Å². The van der Waals surface area contributed by atoms with Crippen LogP contribution in [0.2, 0.25) is 0 Å². The zero-order valence-electron chi connectivity index (χ0n) is 51.0. The van der Waals surface area contributed by atoms with Crippen LogP contribution in [0.4, 0.5) is 0 Å². The third-order valence-corrected chi connectivity index (χ3v) is 14.4. The molecule has 0 spiro atoms. The number of ether oxygens (including phenoxy) is 3. The summed E-state index contributed by atoms with van der Waals surface area (Å²) in [6, 6.07) is 0. The van der Waals surface area contributed by atoms with Crippen molar-refractivity contribution in [2.24, 2.45) is 0 Å². The molecule has 0 aliphatic carbocycles. The predicted molar refractivity (Wildman–Crippen MR) is 334 cm³/mol. The first-order valence-corrected chi connectivity index (χ1v) is 33.1. The van der Waals surface area contributed by atoms with E-state index in [0.717, 1.165) is 77.0 Å². The number of rotatable bonds is 60. The van der Waals surface area contributed by atoms with E-state index in [1.807, 2.05) is 6.08 Å². The van der Waals surface area contributed by atoms with E-state index < -0.39 is 6.10 Å². The van der Waals surface area contributed by atoms with Crippen molar-refractivity contribution in [1.82, 2.24) is 0 Å². The molecule has 0 unspecified atom stereocenters. The summed E-state index contributed by atoms with van der Waals surface area (Å²) in [5.74, 6) is -0.969.